The molecular weight excluding hydrogens is 462 g/mol. The highest BCUT2D eigenvalue weighted by Crippen LogP contribution is 2.19. The van der Waals surface area contributed by atoms with Crippen molar-refractivity contribution in [2.75, 3.05) is 57.3 Å². The second-order valence-electron chi connectivity index (χ2n) is 9.06. The first-order chi connectivity index (χ1) is 17.4. The zero-order valence-electron chi connectivity index (χ0n) is 20.5. The lowest BCUT2D eigenvalue weighted by atomic mass is 9.99. The number of likely N-dealkylation sites (tertiary alicyclic amines) is 1. The molecule has 0 aliphatic carbocycles. The Labute approximate surface area is 211 Å². The lowest BCUT2D eigenvalue weighted by molar-refractivity contribution is -0.159. The molecule has 1 amide bonds. The Hall–Kier alpha value is -3.43. The minimum atomic E-state index is -1.82. The molecule has 0 aromatic heterocycles. The van der Waals surface area contributed by atoms with Crippen LogP contribution in [-0.4, -0.2) is 90.3 Å². The standard InChI is InChI=1S/C25H33N3O2.C2H2O4/c29-25(28-16-14-27(15-17-28)24-11-5-2-6-12-24)19-26-13-7-10-23(18-26)21-30-20-22-8-3-1-4-9-22;3-1(4)2(5)6/h1-6,8-9,11-12,23H,7,10,13-21H2;(H,3,4)(H,5,6). The molecule has 9 heteroatoms. The first-order valence-corrected chi connectivity index (χ1v) is 12.3. The van der Waals surface area contributed by atoms with Crippen LogP contribution in [0.5, 0.6) is 0 Å². The number of nitrogens with zero attached hydrogens (tertiary/aromatic N) is 3. The number of piperazine rings is 1. The number of rotatable bonds is 7. The number of carboxylic acid groups (broad SMARTS) is 2. The summed E-state index contributed by atoms with van der Waals surface area (Å²) in [6, 6.07) is 20.8. The monoisotopic (exact) mass is 497 g/mol. The minimum Gasteiger partial charge on any atom is -0.473 e. The minimum absolute atomic E-state index is 0.272. The van der Waals surface area contributed by atoms with Crippen molar-refractivity contribution in [1.29, 1.82) is 0 Å². The number of hydrogen-bond donors (Lipinski definition) is 2. The predicted octanol–water partition coefficient (Wildman–Crippen LogP) is 2.42. The Morgan fingerprint density at radius 2 is 1.44 bits per heavy atom. The highest BCUT2D eigenvalue weighted by Gasteiger charge is 2.26. The molecule has 2 aromatic rings. The first-order valence-electron chi connectivity index (χ1n) is 12.3. The molecule has 194 valence electrons. The number of hydrogen-bond acceptors (Lipinski definition) is 6. The SMILES string of the molecule is O=C(CN1CCCC(COCc2ccccc2)C1)N1CCN(c2ccccc2)CC1.O=C(O)C(=O)O. The van der Waals surface area contributed by atoms with Gasteiger partial charge < -0.3 is 24.7 Å². The normalized spacial score (nSPS) is 18.2. The van der Waals surface area contributed by atoms with E-state index in [1.54, 1.807) is 0 Å². The van der Waals surface area contributed by atoms with E-state index in [0.717, 1.165) is 52.3 Å². The van der Waals surface area contributed by atoms with Crippen molar-refractivity contribution in [3.8, 4) is 0 Å². The molecule has 1 atom stereocenters. The first kappa shape index (κ1) is 27.2. The lowest BCUT2D eigenvalue weighted by Crippen LogP contribution is -2.52. The Morgan fingerprint density at radius 1 is 0.833 bits per heavy atom. The van der Waals surface area contributed by atoms with E-state index in [1.165, 1.54) is 17.7 Å². The van der Waals surface area contributed by atoms with Crippen molar-refractivity contribution in [3.63, 3.8) is 0 Å². The Bertz CT molecular complexity index is 952. The summed E-state index contributed by atoms with van der Waals surface area (Å²) in [4.78, 5) is 37.8. The van der Waals surface area contributed by atoms with Crippen LogP contribution in [0.2, 0.25) is 0 Å². The lowest BCUT2D eigenvalue weighted by Gasteiger charge is -2.38. The van der Waals surface area contributed by atoms with Crippen LogP contribution < -0.4 is 4.90 Å². The molecule has 2 N–H and O–H groups in total. The Balaban J connectivity index is 0.000000538. The summed E-state index contributed by atoms with van der Waals surface area (Å²) >= 11 is 0. The molecule has 1 unspecified atom stereocenters. The van der Waals surface area contributed by atoms with E-state index in [-0.39, 0.29) is 5.91 Å². The third-order valence-electron chi connectivity index (χ3n) is 6.36. The van der Waals surface area contributed by atoms with E-state index in [0.29, 0.717) is 19.1 Å². The number of benzene rings is 2. The second kappa shape index (κ2) is 14.2. The number of aliphatic carboxylic acids is 2. The molecule has 0 bridgehead atoms. The van der Waals surface area contributed by atoms with E-state index < -0.39 is 11.9 Å². The zero-order valence-corrected chi connectivity index (χ0v) is 20.5. The quantitative estimate of drug-likeness (QED) is 0.561. The van der Waals surface area contributed by atoms with Gasteiger partial charge in [-0.2, -0.15) is 0 Å². The molecule has 4 rings (SSSR count). The van der Waals surface area contributed by atoms with E-state index in [9.17, 15) is 4.79 Å². The molecule has 2 heterocycles. The fourth-order valence-corrected chi connectivity index (χ4v) is 4.49. The number of carboxylic acids is 2. The molecule has 0 saturated carbocycles. The van der Waals surface area contributed by atoms with Crippen LogP contribution in [0.15, 0.2) is 60.7 Å². The fraction of sp³-hybridized carbons (Fsp3) is 0.444. The van der Waals surface area contributed by atoms with Gasteiger partial charge in [-0.05, 0) is 43.0 Å². The second-order valence-corrected chi connectivity index (χ2v) is 9.06. The van der Waals surface area contributed by atoms with Gasteiger partial charge in [0.05, 0.1) is 19.8 Å². The Kier molecular flexibility index (Phi) is 10.7. The summed E-state index contributed by atoms with van der Waals surface area (Å²) in [6.45, 7) is 7.40. The zero-order chi connectivity index (χ0) is 25.8. The third kappa shape index (κ3) is 8.98. The van der Waals surface area contributed by atoms with Crippen molar-refractivity contribution in [2.24, 2.45) is 5.92 Å². The molecular formula is C27H35N3O6. The van der Waals surface area contributed by atoms with Gasteiger partial charge in [0.1, 0.15) is 0 Å². The summed E-state index contributed by atoms with van der Waals surface area (Å²) in [5.41, 5.74) is 2.47. The number of carbonyl (C=O) groups is 3. The summed E-state index contributed by atoms with van der Waals surface area (Å²) < 4.78 is 5.96. The van der Waals surface area contributed by atoms with Gasteiger partial charge in [0.25, 0.3) is 0 Å². The number of para-hydroxylation sites is 1. The topological polar surface area (TPSA) is 111 Å². The molecule has 0 radical (unpaired) electrons. The number of ether oxygens (including phenoxy) is 1. The van der Waals surface area contributed by atoms with Gasteiger partial charge in [0, 0.05) is 38.4 Å². The van der Waals surface area contributed by atoms with Crippen molar-refractivity contribution in [2.45, 2.75) is 19.4 Å². The summed E-state index contributed by atoms with van der Waals surface area (Å²) in [7, 11) is 0. The fourth-order valence-electron chi connectivity index (χ4n) is 4.49. The maximum absolute atomic E-state index is 12.8. The number of amides is 1. The van der Waals surface area contributed by atoms with Gasteiger partial charge >= 0.3 is 11.9 Å². The van der Waals surface area contributed by atoms with Crippen molar-refractivity contribution in [1.82, 2.24) is 9.80 Å². The van der Waals surface area contributed by atoms with E-state index in [2.05, 4.69) is 46.2 Å². The molecule has 36 heavy (non-hydrogen) atoms. The highest BCUT2D eigenvalue weighted by molar-refractivity contribution is 6.27. The van der Waals surface area contributed by atoms with E-state index in [4.69, 9.17) is 24.5 Å². The van der Waals surface area contributed by atoms with Gasteiger partial charge in [0.15, 0.2) is 0 Å². The van der Waals surface area contributed by atoms with Crippen LogP contribution in [0, 0.1) is 5.92 Å². The largest absolute Gasteiger partial charge is 0.473 e. The molecule has 2 aromatic carbocycles. The van der Waals surface area contributed by atoms with Crippen LogP contribution in [-0.2, 0) is 25.7 Å². The van der Waals surface area contributed by atoms with Crippen molar-refractivity contribution >= 4 is 23.5 Å². The van der Waals surface area contributed by atoms with E-state index >= 15 is 0 Å². The van der Waals surface area contributed by atoms with Crippen LogP contribution in [0.1, 0.15) is 18.4 Å². The summed E-state index contributed by atoms with van der Waals surface area (Å²) in [5.74, 6) is -2.86. The molecule has 9 nitrogen and oxygen atoms in total. The number of carbonyl (C=O) groups excluding carboxylic acids is 1. The van der Waals surface area contributed by atoms with Gasteiger partial charge in [-0.3, -0.25) is 9.69 Å². The molecule has 0 spiro atoms. The van der Waals surface area contributed by atoms with Crippen LogP contribution in [0.4, 0.5) is 5.69 Å². The summed E-state index contributed by atoms with van der Waals surface area (Å²) in [5, 5.41) is 14.8. The van der Waals surface area contributed by atoms with Crippen LogP contribution >= 0.6 is 0 Å². The molecule has 2 saturated heterocycles. The van der Waals surface area contributed by atoms with Gasteiger partial charge in [0.2, 0.25) is 5.91 Å². The molecule has 2 aliphatic heterocycles. The smallest absolute Gasteiger partial charge is 0.414 e. The number of anilines is 1. The van der Waals surface area contributed by atoms with Gasteiger partial charge in [-0.15, -0.1) is 0 Å². The maximum Gasteiger partial charge on any atom is 0.414 e. The van der Waals surface area contributed by atoms with Crippen molar-refractivity contribution in [3.05, 3.63) is 66.2 Å². The molecule has 2 aliphatic rings. The van der Waals surface area contributed by atoms with Crippen molar-refractivity contribution < 1.29 is 29.3 Å². The average molecular weight is 498 g/mol. The van der Waals surface area contributed by atoms with E-state index in [1.807, 2.05) is 29.2 Å². The number of piperidine rings is 1. The van der Waals surface area contributed by atoms with Gasteiger partial charge in [-0.25, -0.2) is 9.59 Å². The third-order valence-corrected chi connectivity index (χ3v) is 6.36. The average Bonchev–Trinajstić information content (AvgIpc) is 2.90. The summed E-state index contributed by atoms with van der Waals surface area (Å²) in [6.07, 6.45) is 2.34. The highest BCUT2D eigenvalue weighted by atomic mass is 16.5. The maximum atomic E-state index is 12.8. The molecule has 2 fully saturated rings. The van der Waals surface area contributed by atoms with Crippen LogP contribution in [0.25, 0.3) is 0 Å². The van der Waals surface area contributed by atoms with Crippen LogP contribution in [0.3, 0.4) is 0 Å². The Morgan fingerprint density at radius 3 is 2.06 bits per heavy atom. The predicted molar refractivity (Wildman–Crippen MR) is 136 cm³/mol. The van der Waals surface area contributed by atoms with Gasteiger partial charge in [-0.1, -0.05) is 48.5 Å².